The second-order valence-corrected chi connectivity index (χ2v) is 5.00. The number of nitrogens with one attached hydrogen (secondary N) is 1. The molecule has 0 bridgehead atoms. The number of benzene rings is 1. The van der Waals surface area contributed by atoms with Crippen LogP contribution in [0.4, 0.5) is 10.7 Å². The maximum Gasteiger partial charge on any atom is 0.164 e. The van der Waals surface area contributed by atoms with Crippen LogP contribution in [-0.4, -0.2) is 24.4 Å². The first-order valence-electron chi connectivity index (χ1n) is 6.03. The zero-order valence-corrected chi connectivity index (χ0v) is 12.6. The molecule has 106 valence electrons. The Hall–Kier alpha value is -2.08. The molecule has 0 spiro atoms. The molecule has 6 heteroatoms. The molecule has 1 aromatic heterocycles. The van der Waals surface area contributed by atoms with Gasteiger partial charge in [-0.25, -0.2) is 0 Å². The summed E-state index contributed by atoms with van der Waals surface area (Å²) in [5.74, 6) is 1.28. The highest BCUT2D eigenvalue weighted by molar-refractivity contribution is 7.10. The van der Waals surface area contributed by atoms with Gasteiger partial charge in [-0.3, -0.25) is 4.79 Å². The average Bonchev–Trinajstić information content (AvgIpc) is 2.79. The maximum absolute atomic E-state index is 11.6. The molecule has 2 rings (SSSR count). The highest BCUT2D eigenvalue weighted by Gasteiger charge is 2.15. The van der Waals surface area contributed by atoms with E-state index in [4.69, 9.17) is 9.47 Å². The van der Waals surface area contributed by atoms with Crippen molar-refractivity contribution in [2.75, 3.05) is 19.5 Å². The Kier molecular flexibility index (Phi) is 4.24. The summed E-state index contributed by atoms with van der Waals surface area (Å²) in [4.78, 5) is 11.6. The number of hydrogen-bond donors (Lipinski definition) is 1. The minimum absolute atomic E-state index is 0.000716. The van der Waals surface area contributed by atoms with Gasteiger partial charge in [0.05, 0.1) is 25.5 Å². The highest BCUT2D eigenvalue weighted by Crippen LogP contribution is 2.33. The minimum atomic E-state index is -0.000716. The van der Waals surface area contributed by atoms with Gasteiger partial charge in [-0.05, 0) is 37.5 Å². The standard InChI is InChI=1S/C14H16N2O3S/c1-8-13(9(2)17)14(20-16-8)15-10-5-6-11(18-3)12(7-10)19-4/h5-7,15H,1-4H3. The van der Waals surface area contributed by atoms with Gasteiger partial charge in [0.15, 0.2) is 17.3 Å². The molecule has 0 radical (unpaired) electrons. The van der Waals surface area contributed by atoms with E-state index in [1.807, 2.05) is 25.1 Å². The molecule has 0 aliphatic carbocycles. The monoisotopic (exact) mass is 292 g/mol. The summed E-state index contributed by atoms with van der Waals surface area (Å²) >= 11 is 1.27. The average molecular weight is 292 g/mol. The van der Waals surface area contributed by atoms with E-state index in [1.54, 1.807) is 14.2 Å². The smallest absolute Gasteiger partial charge is 0.164 e. The Morgan fingerprint density at radius 1 is 1.25 bits per heavy atom. The molecule has 0 saturated carbocycles. The summed E-state index contributed by atoms with van der Waals surface area (Å²) in [6, 6.07) is 5.49. The second kappa shape index (κ2) is 5.92. The molecule has 0 saturated heterocycles. The number of ketones is 1. The first-order valence-corrected chi connectivity index (χ1v) is 6.80. The van der Waals surface area contributed by atoms with Crippen molar-refractivity contribution in [3.8, 4) is 11.5 Å². The number of aryl methyl sites for hydroxylation is 1. The Bertz CT molecular complexity index is 637. The molecule has 0 aliphatic rings. The molecular formula is C14H16N2O3S. The van der Waals surface area contributed by atoms with Gasteiger partial charge in [0, 0.05) is 11.8 Å². The molecule has 1 heterocycles. The lowest BCUT2D eigenvalue weighted by Gasteiger charge is -2.10. The van der Waals surface area contributed by atoms with Crippen molar-refractivity contribution in [3.05, 3.63) is 29.5 Å². The van der Waals surface area contributed by atoms with E-state index in [9.17, 15) is 4.79 Å². The van der Waals surface area contributed by atoms with Crippen LogP contribution in [0, 0.1) is 6.92 Å². The topological polar surface area (TPSA) is 60.5 Å². The van der Waals surface area contributed by atoms with Crippen LogP contribution in [-0.2, 0) is 0 Å². The van der Waals surface area contributed by atoms with Gasteiger partial charge in [-0.2, -0.15) is 4.37 Å². The Labute approximate surface area is 121 Å². The zero-order chi connectivity index (χ0) is 14.7. The highest BCUT2D eigenvalue weighted by atomic mass is 32.1. The lowest BCUT2D eigenvalue weighted by Crippen LogP contribution is -1.99. The summed E-state index contributed by atoms with van der Waals surface area (Å²) in [7, 11) is 3.17. The van der Waals surface area contributed by atoms with Crippen LogP contribution in [0.3, 0.4) is 0 Å². The third-order valence-corrected chi connectivity index (χ3v) is 3.71. The SMILES string of the molecule is COc1ccc(Nc2snc(C)c2C(C)=O)cc1OC. The summed E-state index contributed by atoms with van der Waals surface area (Å²) in [6.45, 7) is 3.36. The molecule has 1 N–H and O–H groups in total. The fourth-order valence-electron chi connectivity index (χ4n) is 1.91. The van der Waals surface area contributed by atoms with Crippen LogP contribution in [0.1, 0.15) is 23.0 Å². The Balaban J connectivity index is 2.33. The Morgan fingerprint density at radius 3 is 2.55 bits per heavy atom. The zero-order valence-electron chi connectivity index (χ0n) is 11.8. The first-order chi connectivity index (χ1) is 9.56. The number of carbonyl (C=O) groups excluding carboxylic acids is 1. The van der Waals surface area contributed by atoms with Gasteiger partial charge in [0.1, 0.15) is 5.00 Å². The molecule has 0 fully saturated rings. The number of hydrogen-bond acceptors (Lipinski definition) is 6. The van der Waals surface area contributed by atoms with Crippen molar-refractivity contribution in [3.63, 3.8) is 0 Å². The predicted octanol–water partition coefficient (Wildman–Crippen LogP) is 3.41. The number of rotatable bonds is 5. The van der Waals surface area contributed by atoms with E-state index in [-0.39, 0.29) is 5.78 Å². The van der Waals surface area contributed by atoms with E-state index in [0.717, 1.165) is 16.4 Å². The fourth-order valence-corrected chi connectivity index (χ4v) is 2.78. The van der Waals surface area contributed by atoms with Crippen LogP contribution < -0.4 is 14.8 Å². The van der Waals surface area contributed by atoms with Crippen molar-refractivity contribution in [1.82, 2.24) is 4.37 Å². The van der Waals surface area contributed by atoms with E-state index < -0.39 is 0 Å². The third-order valence-electron chi connectivity index (χ3n) is 2.86. The summed E-state index contributed by atoms with van der Waals surface area (Å²) < 4.78 is 14.7. The molecule has 0 atom stereocenters. The fraction of sp³-hybridized carbons (Fsp3) is 0.286. The normalized spacial score (nSPS) is 10.2. The number of ether oxygens (including phenoxy) is 2. The summed E-state index contributed by atoms with van der Waals surface area (Å²) in [5.41, 5.74) is 2.18. The van der Waals surface area contributed by atoms with Crippen molar-refractivity contribution in [1.29, 1.82) is 0 Å². The third kappa shape index (κ3) is 2.75. The lowest BCUT2D eigenvalue weighted by molar-refractivity contribution is 0.101. The van der Waals surface area contributed by atoms with Crippen LogP contribution in [0.25, 0.3) is 0 Å². The number of anilines is 2. The molecular weight excluding hydrogens is 276 g/mol. The van der Waals surface area contributed by atoms with Gasteiger partial charge >= 0.3 is 0 Å². The molecule has 1 aromatic carbocycles. The van der Waals surface area contributed by atoms with Gasteiger partial charge in [-0.1, -0.05) is 0 Å². The van der Waals surface area contributed by atoms with E-state index >= 15 is 0 Å². The van der Waals surface area contributed by atoms with Gasteiger partial charge in [0.25, 0.3) is 0 Å². The van der Waals surface area contributed by atoms with Crippen molar-refractivity contribution >= 4 is 28.0 Å². The summed E-state index contributed by atoms with van der Waals surface area (Å²) in [6.07, 6.45) is 0. The number of carbonyl (C=O) groups is 1. The van der Waals surface area contributed by atoms with Crippen LogP contribution in [0.5, 0.6) is 11.5 Å². The predicted molar refractivity (Wildman–Crippen MR) is 79.7 cm³/mol. The molecule has 0 aliphatic heterocycles. The van der Waals surface area contributed by atoms with Crippen molar-refractivity contribution < 1.29 is 14.3 Å². The first kappa shape index (κ1) is 14.3. The minimum Gasteiger partial charge on any atom is -0.493 e. The van der Waals surface area contributed by atoms with E-state index in [0.29, 0.717) is 17.1 Å². The lowest BCUT2D eigenvalue weighted by atomic mass is 10.2. The van der Waals surface area contributed by atoms with E-state index in [2.05, 4.69) is 9.69 Å². The maximum atomic E-state index is 11.6. The van der Waals surface area contributed by atoms with Crippen LogP contribution >= 0.6 is 11.5 Å². The molecule has 2 aromatic rings. The molecule has 0 unspecified atom stereocenters. The second-order valence-electron chi connectivity index (χ2n) is 4.22. The number of nitrogens with zero attached hydrogens (tertiary/aromatic N) is 1. The van der Waals surface area contributed by atoms with Gasteiger partial charge in [0.2, 0.25) is 0 Å². The van der Waals surface area contributed by atoms with E-state index in [1.165, 1.54) is 18.5 Å². The number of Topliss-reactive ketones (excluding diaryl/α,β-unsaturated/α-hetero) is 1. The van der Waals surface area contributed by atoms with Crippen LogP contribution in [0.2, 0.25) is 0 Å². The molecule has 20 heavy (non-hydrogen) atoms. The largest absolute Gasteiger partial charge is 0.493 e. The quantitative estimate of drug-likeness (QED) is 0.856. The molecule has 5 nitrogen and oxygen atoms in total. The van der Waals surface area contributed by atoms with Gasteiger partial charge in [-0.15, -0.1) is 0 Å². The molecule has 0 amide bonds. The van der Waals surface area contributed by atoms with Crippen molar-refractivity contribution in [2.45, 2.75) is 13.8 Å². The summed E-state index contributed by atoms with van der Waals surface area (Å²) in [5, 5.41) is 3.94. The Morgan fingerprint density at radius 2 is 1.95 bits per heavy atom. The number of aromatic nitrogens is 1. The van der Waals surface area contributed by atoms with Gasteiger partial charge < -0.3 is 14.8 Å². The van der Waals surface area contributed by atoms with Crippen molar-refractivity contribution in [2.24, 2.45) is 0 Å². The number of methoxy groups -OCH3 is 2. The van der Waals surface area contributed by atoms with Crippen LogP contribution in [0.15, 0.2) is 18.2 Å².